The number of hydrogen-bond acceptors (Lipinski definition) is 0. The van der Waals surface area contributed by atoms with Crippen molar-refractivity contribution in [2.24, 2.45) is 11.8 Å². The molecule has 0 aromatic heterocycles. The Morgan fingerprint density at radius 1 is 0.552 bits per heavy atom. The molecule has 2 atom stereocenters. The van der Waals surface area contributed by atoms with Crippen LogP contribution in [0.4, 0.5) is 0 Å². The third kappa shape index (κ3) is 2.25. The SMILES string of the molecule is C[Si](C)(C1=c2ccccc2=C2C=CC=CC21)C1=c2ccccc2=C2C=CC=CC21. The Kier molecular flexibility index (Phi) is 3.54. The van der Waals surface area contributed by atoms with Gasteiger partial charge in [0.15, 0.2) is 0 Å². The van der Waals surface area contributed by atoms with E-state index in [0.29, 0.717) is 11.8 Å². The first-order valence-corrected chi connectivity index (χ1v) is 13.6. The van der Waals surface area contributed by atoms with E-state index in [1.54, 1.807) is 10.4 Å². The largest absolute Gasteiger partial charge is 0.106 e. The molecule has 0 aliphatic heterocycles. The van der Waals surface area contributed by atoms with E-state index < -0.39 is 8.07 Å². The van der Waals surface area contributed by atoms with Gasteiger partial charge in [0.25, 0.3) is 0 Å². The van der Waals surface area contributed by atoms with E-state index in [-0.39, 0.29) is 0 Å². The Balaban J connectivity index is 1.70. The van der Waals surface area contributed by atoms with Crippen molar-refractivity contribution in [3.8, 4) is 0 Å². The Labute approximate surface area is 172 Å². The lowest BCUT2D eigenvalue weighted by Gasteiger charge is -2.35. The molecule has 6 rings (SSSR count). The molecular weight excluding hydrogens is 364 g/mol. The van der Waals surface area contributed by atoms with Crippen LogP contribution in [0.1, 0.15) is 0 Å². The standard InChI is InChI=1S/C28H24Si/c1-29(2,27-23-15-7-3-11-19(23)20-12-4-8-16-24(20)27)28-25-17-9-5-13-21(25)22-14-6-10-18-26(22)28/h3-18,23,25H,1-2H3. The maximum atomic E-state index is 2.58. The topological polar surface area (TPSA) is 0 Å². The van der Waals surface area contributed by atoms with E-state index in [4.69, 9.17) is 0 Å². The van der Waals surface area contributed by atoms with Crippen molar-refractivity contribution in [2.45, 2.75) is 13.1 Å². The first-order valence-electron chi connectivity index (χ1n) is 10.6. The van der Waals surface area contributed by atoms with Crippen molar-refractivity contribution in [3.05, 3.63) is 118 Å². The van der Waals surface area contributed by atoms with Crippen LogP contribution in [-0.2, 0) is 0 Å². The molecule has 0 amide bonds. The van der Waals surface area contributed by atoms with E-state index in [1.165, 1.54) is 32.0 Å². The van der Waals surface area contributed by atoms with E-state index in [9.17, 15) is 0 Å². The maximum absolute atomic E-state index is 2.58. The quantitative estimate of drug-likeness (QED) is 0.693. The minimum absolute atomic E-state index is 0.422. The molecule has 2 aromatic carbocycles. The van der Waals surface area contributed by atoms with Crippen LogP contribution in [0.5, 0.6) is 0 Å². The fourth-order valence-corrected chi connectivity index (χ4v) is 10.1. The molecule has 2 aromatic rings. The third-order valence-electron chi connectivity index (χ3n) is 7.08. The predicted octanol–water partition coefficient (Wildman–Crippen LogP) is 3.29. The van der Waals surface area contributed by atoms with Gasteiger partial charge in [-0.3, -0.25) is 0 Å². The number of benzene rings is 2. The molecule has 0 saturated carbocycles. The highest BCUT2D eigenvalue weighted by Gasteiger charge is 2.43. The highest BCUT2D eigenvalue weighted by Crippen LogP contribution is 2.43. The van der Waals surface area contributed by atoms with Gasteiger partial charge in [-0.1, -0.05) is 121 Å². The van der Waals surface area contributed by atoms with Gasteiger partial charge in [-0.05, 0) is 32.0 Å². The summed E-state index contributed by atoms with van der Waals surface area (Å²) in [6, 6.07) is 18.1. The molecule has 29 heavy (non-hydrogen) atoms. The van der Waals surface area contributed by atoms with Gasteiger partial charge in [-0.15, -0.1) is 0 Å². The summed E-state index contributed by atoms with van der Waals surface area (Å²) in [5.74, 6) is 0.844. The molecule has 0 heterocycles. The van der Waals surface area contributed by atoms with Crippen LogP contribution in [0, 0.1) is 11.8 Å². The van der Waals surface area contributed by atoms with Gasteiger partial charge in [-0.2, -0.15) is 0 Å². The molecule has 4 aliphatic rings. The zero-order chi connectivity index (χ0) is 19.6. The van der Waals surface area contributed by atoms with Crippen molar-refractivity contribution >= 4 is 29.6 Å². The molecule has 0 fully saturated rings. The molecule has 0 N–H and O–H groups in total. The second-order valence-corrected chi connectivity index (χ2v) is 13.2. The highest BCUT2D eigenvalue weighted by molar-refractivity contribution is 7.07. The van der Waals surface area contributed by atoms with Gasteiger partial charge in [-0.25, -0.2) is 0 Å². The molecule has 4 aliphatic carbocycles. The van der Waals surface area contributed by atoms with E-state index in [0.717, 1.165) is 0 Å². The lowest BCUT2D eigenvalue weighted by molar-refractivity contribution is 1.13. The molecule has 0 nitrogen and oxygen atoms in total. The number of hydrogen-bond donors (Lipinski definition) is 0. The van der Waals surface area contributed by atoms with Crippen molar-refractivity contribution < 1.29 is 0 Å². The smallest absolute Gasteiger partial charge is 0.0733 e. The molecule has 0 radical (unpaired) electrons. The summed E-state index contributed by atoms with van der Waals surface area (Å²) in [4.78, 5) is 0. The fourth-order valence-electron chi connectivity index (χ4n) is 5.97. The lowest BCUT2D eigenvalue weighted by atomic mass is 9.96. The molecule has 0 saturated heterocycles. The first-order chi connectivity index (χ1) is 14.2. The lowest BCUT2D eigenvalue weighted by Crippen LogP contribution is -2.43. The summed E-state index contributed by atoms with van der Waals surface area (Å²) in [5, 5.41) is 9.19. The van der Waals surface area contributed by atoms with Crippen LogP contribution in [0.25, 0.3) is 21.5 Å². The van der Waals surface area contributed by atoms with Gasteiger partial charge < -0.3 is 0 Å². The summed E-state index contributed by atoms with van der Waals surface area (Å²) < 4.78 is 0. The van der Waals surface area contributed by atoms with Gasteiger partial charge in [0.05, 0.1) is 0 Å². The second kappa shape index (κ2) is 6.05. The van der Waals surface area contributed by atoms with Gasteiger partial charge >= 0.3 is 0 Å². The fraction of sp³-hybridized carbons (Fsp3) is 0.143. The van der Waals surface area contributed by atoms with Crippen LogP contribution >= 0.6 is 0 Å². The Hall–Kier alpha value is -2.90. The molecule has 0 bridgehead atoms. The van der Waals surface area contributed by atoms with Crippen molar-refractivity contribution in [1.29, 1.82) is 0 Å². The summed E-state index contributed by atoms with van der Waals surface area (Å²) in [6.45, 7) is 5.16. The van der Waals surface area contributed by atoms with Crippen LogP contribution in [0.15, 0.2) is 97.1 Å². The van der Waals surface area contributed by atoms with E-state index in [2.05, 4.69) is 110 Å². The van der Waals surface area contributed by atoms with Gasteiger partial charge in [0.1, 0.15) is 8.07 Å². The first kappa shape index (κ1) is 17.0. The van der Waals surface area contributed by atoms with Gasteiger partial charge in [0.2, 0.25) is 0 Å². The predicted molar refractivity (Wildman–Crippen MR) is 126 cm³/mol. The second-order valence-electron chi connectivity index (χ2n) is 8.90. The molecule has 0 spiro atoms. The van der Waals surface area contributed by atoms with Crippen molar-refractivity contribution in [3.63, 3.8) is 0 Å². The van der Waals surface area contributed by atoms with Crippen LogP contribution in [-0.4, -0.2) is 8.07 Å². The molecule has 140 valence electrons. The average molecular weight is 389 g/mol. The number of allylic oxidation sites excluding steroid dienone is 8. The monoisotopic (exact) mass is 388 g/mol. The van der Waals surface area contributed by atoms with E-state index in [1.807, 2.05) is 0 Å². The Bertz CT molecular complexity index is 1310. The van der Waals surface area contributed by atoms with Crippen LogP contribution < -0.4 is 20.9 Å². The third-order valence-corrected chi connectivity index (χ3v) is 10.9. The summed E-state index contributed by atoms with van der Waals surface area (Å²) in [7, 11) is -1.93. The summed E-state index contributed by atoms with van der Waals surface area (Å²) in [6.07, 6.45) is 18.3. The average Bonchev–Trinajstić information content (AvgIpc) is 3.28. The minimum Gasteiger partial charge on any atom is -0.0733 e. The molecular formula is C28H24Si. The zero-order valence-corrected chi connectivity index (χ0v) is 17.9. The van der Waals surface area contributed by atoms with Crippen molar-refractivity contribution in [1.82, 2.24) is 0 Å². The molecule has 1 heteroatoms. The van der Waals surface area contributed by atoms with Crippen LogP contribution in [0.2, 0.25) is 13.1 Å². The van der Waals surface area contributed by atoms with Gasteiger partial charge in [0, 0.05) is 11.8 Å². The Morgan fingerprint density at radius 2 is 0.966 bits per heavy atom. The van der Waals surface area contributed by atoms with Crippen LogP contribution in [0.3, 0.4) is 0 Å². The van der Waals surface area contributed by atoms with E-state index >= 15 is 0 Å². The normalized spacial score (nSPS) is 23.4. The zero-order valence-electron chi connectivity index (χ0n) is 16.9. The number of rotatable bonds is 2. The van der Waals surface area contributed by atoms with Crippen molar-refractivity contribution in [2.75, 3.05) is 0 Å². The Morgan fingerprint density at radius 3 is 1.41 bits per heavy atom. The summed E-state index contributed by atoms with van der Waals surface area (Å²) >= 11 is 0. The number of fused-ring (bicyclic) bond motifs is 4. The minimum atomic E-state index is -1.93. The maximum Gasteiger partial charge on any atom is 0.106 e. The highest BCUT2D eigenvalue weighted by atomic mass is 28.3. The summed E-state index contributed by atoms with van der Waals surface area (Å²) in [5.41, 5.74) is 2.96. The molecule has 2 unspecified atom stereocenters.